The molecule has 0 bridgehead atoms. The molecule has 17 heavy (non-hydrogen) atoms. The zero-order chi connectivity index (χ0) is 12.3. The van der Waals surface area contributed by atoms with Crippen molar-refractivity contribution in [3.8, 4) is 0 Å². The highest BCUT2D eigenvalue weighted by Gasteiger charge is 2.21. The van der Waals surface area contributed by atoms with Crippen LogP contribution in [0, 0.1) is 0 Å². The van der Waals surface area contributed by atoms with E-state index in [1.807, 2.05) is 18.2 Å². The molecular weight excluding hydrogens is 238 g/mol. The fraction of sp³-hybridized carbons (Fsp3) is 0.417. The van der Waals surface area contributed by atoms with Gasteiger partial charge in [-0.3, -0.25) is 9.69 Å². The Morgan fingerprint density at radius 3 is 2.47 bits per heavy atom. The van der Waals surface area contributed by atoms with Crippen molar-refractivity contribution in [1.82, 2.24) is 4.90 Å². The molecule has 2 rings (SSSR count). The second-order valence-corrected chi connectivity index (χ2v) is 6.55. The number of hydrogen-bond acceptors (Lipinski definition) is 4. The van der Waals surface area contributed by atoms with Crippen molar-refractivity contribution in [2.24, 2.45) is 0 Å². The minimum Gasteiger partial charge on any atom is -0.298 e. The van der Waals surface area contributed by atoms with Gasteiger partial charge in [-0.25, -0.2) is 8.42 Å². The Bertz CT molecular complexity index is 496. The van der Waals surface area contributed by atoms with Crippen molar-refractivity contribution >= 4 is 16.1 Å². The Balaban J connectivity index is 2.05. The summed E-state index contributed by atoms with van der Waals surface area (Å²) in [5.74, 6) is 0.437. The molecule has 0 saturated carbocycles. The van der Waals surface area contributed by atoms with E-state index in [0.717, 1.165) is 11.8 Å². The van der Waals surface area contributed by atoms with Crippen LogP contribution in [0.5, 0.6) is 0 Å². The summed E-state index contributed by atoms with van der Waals surface area (Å²) in [6, 6.07) is 7.41. The third-order valence-corrected chi connectivity index (χ3v) is 4.62. The lowest BCUT2D eigenvalue weighted by molar-refractivity contribution is 0.112. The summed E-state index contributed by atoms with van der Waals surface area (Å²) in [7, 11) is -2.83. The van der Waals surface area contributed by atoms with Crippen molar-refractivity contribution < 1.29 is 13.2 Å². The smallest absolute Gasteiger partial charge is 0.152 e. The Morgan fingerprint density at radius 2 is 1.82 bits per heavy atom. The Kier molecular flexibility index (Phi) is 3.59. The highest BCUT2D eigenvalue weighted by molar-refractivity contribution is 7.91. The number of rotatable bonds is 3. The average Bonchev–Trinajstić information content (AvgIpc) is 2.32. The van der Waals surface area contributed by atoms with Crippen molar-refractivity contribution in [3.05, 3.63) is 35.4 Å². The molecule has 5 heteroatoms. The topological polar surface area (TPSA) is 54.5 Å². The van der Waals surface area contributed by atoms with Gasteiger partial charge in [0.25, 0.3) is 0 Å². The summed E-state index contributed by atoms with van der Waals surface area (Å²) in [5, 5.41) is 0. The standard InChI is InChI=1S/C12H15NO3S/c14-10-12-4-2-1-3-11(12)9-13-5-7-17(15,16)8-6-13/h1-4,10H,5-9H2. The first-order valence-electron chi connectivity index (χ1n) is 5.56. The van der Waals surface area contributed by atoms with Crippen LogP contribution in [0.25, 0.3) is 0 Å². The van der Waals surface area contributed by atoms with Gasteiger partial charge in [0.1, 0.15) is 6.29 Å². The van der Waals surface area contributed by atoms with Crippen molar-refractivity contribution in [2.45, 2.75) is 6.54 Å². The number of nitrogens with zero attached hydrogens (tertiary/aromatic N) is 1. The van der Waals surface area contributed by atoms with E-state index < -0.39 is 9.84 Å². The van der Waals surface area contributed by atoms with Gasteiger partial charge in [0.2, 0.25) is 0 Å². The first kappa shape index (κ1) is 12.3. The predicted octanol–water partition coefficient (Wildman–Crippen LogP) is 0.730. The molecule has 4 nitrogen and oxygen atoms in total. The largest absolute Gasteiger partial charge is 0.298 e. The van der Waals surface area contributed by atoms with E-state index >= 15 is 0 Å². The van der Waals surface area contributed by atoms with Crippen LogP contribution in [0.15, 0.2) is 24.3 Å². The molecule has 1 fully saturated rings. The van der Waals surface area contributed by atoms with Crippen LogP contribution in [-0.2, 0) is 16.4 Å². The van der Waals surface area contributed by atoms with Crippen LogP contribution in [0.1, 0.15) is 15.9 Å². The molecule has 1 aliphatic heterocycles. The zero-order valence-corrected chi connectivity index (χ0v) is 10.3. The molecule has 0 aliphatic carbocycles. The highest BCUT2D eigenvalue weighted by atomic mass is 32.2. The van der Waals surface area contributed by atoms with E-state index in [0.29, 0.717) is 25.2 Å². The number of benzene rings is 1. The van der Waals surface area contributed by atoms with Gasteiger partial charge in [-0.05, 0) is 5.56 Å². The van der Waals surface area contributed by atoms with Gasteiger partial charge >= 0.3 is 0 Å². The molecule has 0 N–H and O–H groups in total. The molecular formula is C12H15NO3S. The second kappa shape index (κ2) is 4.98. The lowest BCUT2D eigenvalue weighted by atomic mass is 10.1. The SMILES string of the molecule is O=Cc1ccccc1CN1CCS(=O)(=O)CC1. The van der Waals surface area contributed by atoms with Crippen LogP contribution >= 0.6 is 0 Å². The van der Waals surface area contributed by atoms with E-state index in [-0.39, 0.29) is 11.5 Å². The maximum Gasteiger partial charge on any atom is 0.152 e. The van der Waals surface area contributed by atoms with Gasteiger partial charge in [0.15, 0.2) is 9.84 Å². The lowest BCUT2D eigenvalue weighted by Gasteiger charge is -2.26. The molecule has 0 aromatic heterocycles. The van der Waals surface area contributed by atoms with E-state index in [2.05, 4.69) is 4.90 Å². The molecule has 1 saturated heterocycles. The first-order valence-corrected chi connectivity index (χ1v) is 7.39. The number of carbonyl (C=O) groups excluding carboxylic acids is 1. The van der Waals surface area contributed by atoms with Gasteiger partial charge in [-0.15, -0.1) is 0 Å². The van der Waals surface area contributed by atoms with E-state index in [4.69, 9.17) is 0 Å². The quantitative estimate of drug-likeness (QED) is 0.745. The molecule has 0 unspecified atom stereocenters. The molecule has 0 atom stereocenters. The Morgan fingerprint density at radius 1 is 1.18 bits per heavy atom. The highest BCUT2D eigenvalue weighted by Crippen LogP contribution is 2.12. The molecule has 0 radical (unpaired) electrons. The van der Waals surface area contributed by atoms with Gasteiger partial charge in [-0.1, -0.05) is 24.3 Å². The van der Waals surface area contributed by atoms with Crippen molar-refractivity contribution in [3.63, 3.8) is 0 Å². The third-order valence-electron chi connectivity index (χ3n) is 3.01. The van der Waals surface area contributed by atoms with Crippen LogP contribution < -0.4 is 0 Å². The molecule has 0 amide bonds. The van der Waals surface area contributed by atoms with Crippen LogP contribution in [0.3, 0.4) is 0 Å². The molecule has 92 valence electrons. The summed E-state index contributed by atoms with van der Waals surface area (Å²) in [4.78, 5) is 12.9. The number of carbonyl (C=O) groups is 1. The minimum absolute atomic E-state index is 0.219. The Labute approximate surface area is 101 Å². The summed E-state index contributed by atoms with van der Waals surface area (Å²) >= 11 is 0. The number of aldehydes is 1. The molecule has 1 heterocycles. The molecule has 1 aliphatic rings. The maximum atomic E-state index is 11.3. The average molecular weight is 253 g/mol. The fourth-order valence-electron chi connectivity index (χ4n) is 1.94. The van der Waals surface area contributed by atoms with E-state index in [1.54, 1.807) is 6.07 Å². The van der Waals surface area contributed by atoms with Gasteiger partial charge < -0.3 is 0 Å². The first-order chi connectivity index (χ1) is 8.11. The van der Waals surface area contributed by atoms with Crippen LogP contribution in [0.2, 0.25) is 0 Å². The zero-order valence-electron chi connectivity index (χ0n) is 9.50. The molecule has 0 spiro atoms. The van der Waals surface area contributed by atoms with E-state index in [9.17, 15) is 13.2 Å². The normalized spacial score (nSPS) is 20.0. The Hall–Kier alpha value is -1.20. The predicted molar refractivity (Wildman–Crippen MR) is 65.8 cm³/mol. The molecule has 1 aromatic carbocycles. The second-order valence-electron chi connectivity index (χ2n) is 4.24. The van der Waals surface area contributed by atoms with Gasteiger partial charge in [-0.2, -0.15) is 0 Å². The third kappa shape index (κ3) is 3.14. The number of sulfone groups is 1. The van der Waals surface area contributed by atoms with Crippen molar-refractivity contribution in [2.75, 3.05) is 24.6 Å². The van der Waals surface area contributed by atoms with E-state index in [1.165, 1.54) is 0 Å². The van der Waals surface area contributed by atoms with Crippen LogP contribution in [0.4, 0.5) is 0 Å². The lowest BCUT2D eigenvalue weighted by Crippen LogP contribution is -2.39. The van der Waals surface area contributed by atoms with Gasteiger partial charge in [0, 0.05) is 25.2 Å². The van der Waals surface area contributed by atoms with Crippen LogP contribution in [-0.4, -0.2) is 44.2 Å². The van der Waals surface area contributed by atoms with Gasteiger partial charge in [0.05, 0.1) is 11.5 Å². The maximum absolute atomic E-state index is 11.3. The minimum atomic E-state index is -2.83. The summed E-state index contributed by atoms with van der Waals surface area (Å²) in [6.45, 7) is 1.75. The fourth-order valence-corrected chi connectivity index (χ4v) is 3.22. The number of hydrogen-bond donors (Lipinski definition) is 0. The summed E-state index contributed by atoms with van der Waals surface area (Å²) in [5.41, 5.74) is 1.64. The van der Waals surface area contributed by atoms with Crippen molar-refractivity contribution in [1.29, 1.82) is 0 Å². The molecule has 1 aromatic rings. The monoisotopic (exact) mass is 253 g/mol. The summed E-state index contributed by atoms with van der Waals surface area (Å²) < 4.78 is 22.6. The summed E-state index contributed by atoms with van der Waals surface area (Å²) in [6.07, 6.45) is 0.843.